The van der Waals surface area contributed by atoms with Gasteiger partial charge < -0.3 is 20.5 Å². The molecule has 2 aromatic carbocycles. The number of methoxy groups -OCH3 is 2. The fourth-order valence-electron chi connectivity index (χ4n) is 1.76. The van der Waals surface area contributed by atoms with Crippen LogP contribution in [0.25, 0.3) is 0 Å². The Balaban J connectivity index is 2.22. The van der Waals surface area contributed by atoms with Gasteiger partial charge in [0.1, 0.15) is 5.75 Å². The highest BCUT2D eigenvalue weighted by molar-refractivity contribution is 5.96. The molecule has 0 saturated heterocycles. The van der Waals surface area contributed by atoms with Crippen molar-refractivity contribution >= 4 is 23.0 Å². The zero-order chi connectivity index (χ0) is 14.5. The van der Waals surface area contributed by atoms with E-state index in [1.54, 1.807) is 25.3 Å². The van der Waals surface area contributed by atoms with Crippen molar-refractivity contribution < 1.29 is 14.3 Å². The summed E-state index contributed by atoms with van der Waals surface area (Å²) in [6.07, 6.45) is 0. The Morgan fingerprint density at radius 3 is 2.30 bits per heavy atom. The third kappa shape index (κ3) is 3.00. The molecule has 0 amide bonds. The van der Waals surface area contributed by atoms with Crippen molar-refractivity contribution in [2.24, 2.45) is 0 Å². The summed E-state index contributed by atoms with van der Waals surface area (Å²) in [5.74, 6) is 0.323. The summed E-state index contributed by atoms with van der Waals surface area (Å²) in [4.78, 5) is 11.6. The maximum atomic E-state index is 11.6. The van der Waals surface area contributed by atoms with Gasteiger partial charge >= 0.3 is 5.97 Å². The van der Waals surface area contributed by atoms with Crippen molar-refractivity contribution in [3.05, 3.63) is 48.0 Å². The SMILES string of the molecule is COC(=O)c1cc(Nc2ccc(OC)cc2)ccc1N. The Labute approximate surface area is 117 Å². The normalized spacial score (nSPS) is 9.90. The van der Waals surface area contributed by atoms with Crippen LogP contribution in [0.15, 0.2) is 42.5 Å². The number of carbonyl (C=O) groups is 1. The molecule has 104 valence electrons. The molecule has 5 heteroatoms. The Morgan fingerprint density at radius 2 is 1.70 bits per heavy atom. The van der Waals surface area contributed by atoms with Gasteiger partial charge in [0.2, 0.25) is 0 Å². The van der Waals surface area contributed by atoms with Crippen LogP contribution in [0.1, 0.15) is 10.4 Å². The molecule has 2 rings (SSSR count). The molecule has 0 spiro atoms. The van der Waals surface area contributed by atoms with Crippen LogP contribution in [-0.4, -0.2) is 20.2 Å². The molecule has 0 bridgehead atoms. The van der Waals surface area contributed by atoms with Crippen molar-refractivity contribution in [1.82, 2.24) is 0 Å². The van der Waals surface area contributed by atoms with Gasteiger partial charge in [-0.15, -0.1) is 0 Å². The molecular formula is C15H16N2O3. The standard InChI is InChI=1S/C15H16N2O3/c1-19-12-6-3-10(4-7-12)17-11-5-8-14(16)13(9-11)15(18)20-2/h3-9,17H,16H2,1-2H3. The topological polar surface area (TPSA) is 73.6 Å². The molecule has 2 aromatic rings. The highest BCUT2D eigenvalue weighted by Crippen LogP contribution is 2.23. The first kappa shape index (κ1) is 13.7. The Kier molecular flexibility index (Phi) is 4.10. The number of nitrogens with one attached hydrogen (secondary N) is 1. The highest BCUT2D eigenvalue weighted by atomic mass is 16.5. The molecule has 20 heavy (non-hydrogen) atoms. The summed E-state index contributed by atoms with van der Waals surface area (Å²) >= 11 is 0. The minimum atomic E-state index is -0.458. The summed E-state index contributed by atoms with van der Waals surface area (Å²) in [6.45, 7) is 0. The fourth-order valence-corrected chi connectivity index (χ4v) is 1.76. The molecule has 0 fully saturated rings. The van der Waals surface area contributed by atoms with E-state index in [0.717, 1.165) is 17.1 Å². The lowest BCUT2D eigenvalue weighted by Gasteiger charge is -2.10. The van der Waals surface area contributed by atoms with Crippen LogP contribution in [0.5, 0.6) is 5.75 Å². The van der Waals surface area contributed by atoms with E-state index in [1.165, 1.54) is 7.11 Å². The first-order valence-electron chi connectivity index (χ1n) is 6.03. The number of nitrogens with two attached hydrogens (primary N) is 1. The Hall–Kier alpha value is -2.69. The fraction of sp³-hybridized carbons (Fsp3) is 0.133. The second kappa shape index (κ2) is 5.97. The second-order valence-corrected chi connectivity index (χ2v) is 4.15. The molecule has 0 aromatic heterocycles. The number of carbonyl (C=O) groups excluding carboxylic acids is 1. The lowest BCUT2D eigenvalue weighted by molar-refractivity contribution is 0.0602. The number of ether oxygens (including phenoxy) is 2. The lowest BCUT2D eigenvalue weighted by atomic mass is 10.1. The zero-order valence-corrected chi connectivity index (χ0v) is 11.3. The third-order valence-corrected chi connectivity index (χ3v) is 2.84. The molecule has 3 N–H and O–H groups in total. The van der Waals surface area contributed by atoms with Crippen LogP contribution < -0.4 is 15.8 Å². The number of hydrogen-bond donors (Lipinski definition) is 2. The van der Waals surface area contributed by atoms with E-state index in [9.17, 15) is 4.79 Å². The minimum absolute atomic E-state index is 0.339. The van der Waals surface area contributed by atoms with E-state index >= 15 is 0 Å². The van der Waals surface area contributed by atoms with Crippen LogP contribution in [0.2, 0.25) is 0 Å². The summed E-state index contributed by atoms with van der Waals surface area (Å²) in [5, 5.41) is 3.18. The first-order valence-corrected chi connectivity index (χ1v) is 6.03. The maximum absolute atomic E-state index is 11.6. The van der Waals surface area contributed by atoms with Crippen molar-refractivity contribution in [1.29, 1.82) is 0 Å². The molecule has 0 radical (unpaired) electrons. The van der Waals surface area contributed by atoms with Crippen LogP contribution in [0.3, 0.4) is 0 Å². The van der Waals surface area contributed by atoms with Gasteiger partial charge in [0, 0.05) is 17.1 Å². The minimum Gasteiger partial charge on any atom is -0.497 e. The van der Waals surface area contributed by atoms with E-state index < -0.39 is 5.97 Å². The predicted molar refractivity (Wildman–Crippen MR) is 78.5 cm³/mol. The second-order valence-electron chi connectivity index (χ2n) is 4.15. The summed E-state index contributed by atoms with van der Waals surface area (Å²) in [7, 11) is 2.94. The number of esters is 1. The Morgan fingerprint density at radius 1 is 1.05 bits per heavy atom. The smallest absolute Gasteiger partial charge is 0.340 e. The van der Waals surface area contributed by atoms with Crippen LogP contribution in [0.4, 0.5) is 17.1 Å². The summed E-state index contributed by atoms with van der Waals surface area (Å²) < 4.78 is 9.78. The van der Waals surface area contributed by atoms with Gasteiger partial charge in [-0.3, -0.25) is 0 Å². The zero-order valence-electron chi connectivity index (χ0n) is 11.3. The van der Waals surface area contributed by atoms with Crippen molar-refractivity contribution in [3.8, 4) is 5.75 Å². The van der Waals surface area contributed by atoms with Gasteiger partial charge in [-0.1, -0.05) is 0 Å². The van der Waals surface area contributed by atoms with Gasteiger partial charge in [0.25, 0.3) is 0 Å². The molecule has 0 aliphatic rings. The van der Waals surface area contributed by atoms with E-state index in [1.807, 2.05) is 24.3 Å². The highest BCUT2D eigenvalue weighted by Gasteiger charge is 2.10. The van der Waals surface area contributed by atoms with Gasteiger partial charge in [-0.2, -0.15) is 0 Å². The van der Waals surface area contributed by atoms with Crippen LogP contribution in [-0.2, 0) is 4.74 Å². The van der Waals surface area contributed by atoms with Gasteiger partial charge in [-0.05, 0) is 42.5 Å². The lowest BCUT2D eigenvalue weighted by Crippen LogP contribution is -2.06. The molecule has 0 saturated carbocycles. The number of benzene rings is 2. The van der Waals surface area contributed by atoms with Crippen molar-refractivity contribution in [2.45, 2.75) is 0 Å². The molecular weight excluding hydrogens is 256 g/mol. The van der Waals surface area contributed by atoms with Gasteiger partial charge in [-0.25, -0.2) is 4.79 Å². The molecule has 0 aliphatic heterocycles. The van der Waals surface area contributed by atoms with Gasteiger partial charge in [0.05, 0.1) is 19.8 Å². The summed E-state index contributed by atoms with van der Waals surface area (Å²) in [5.41, 5.74) is 8.11. The molecule has 0 atom stereocenters. The predicted octanol–water partition coefficient (Wildman–Crippen LogP) is 2.81. The first-order chi connectivity index (χ1) is 9.63. The van der Waals surface area contributed by atoms with Crippen LogP contribution in [0, 0.1) is 0 Å². The quantitative estimate of drug-likeness (QED) is 0.661. The summed E-state index contributed by atoms with van der Waals surface area (Å²) in [6, 6.07) is 12.6. The number of anilines is 3. The number of nitrogen functional groups attached to an aromatic ring is 1. The molecule has 0 heterocycles. The van der Waals surface area contributed by atoms with E-state index in [0.29, 0.717) is 11.3 Å². The number of hydrogen-bond acceptors (Lipinski definition) is 5. The average Bonchev–Trinajstić information content (AvgIpc) is 2.49. The molecule has 0 aliphatic carbocycles. The van der Waals surface area contributed by atoms with E-state index in [-0.39, 0.29) is 0 Å². The van der Waals surface area contributed by atoms with Crippen LogP contribution >= 0.6 is 0 Å². The van der Waals surface area contributed by atoms with Crippen molar-refractivity contribution in [2.75, 3.05) is 25.3 Å². The molecule has 0 unspecified atom stereocenters. The average molecular weight is 272 g/mol. The van der Waals surface area contributed by atoms with Crippen molar-refractivity contribution in [3.63, 3.8) is 0 Å². The largest absolute Gasteiger partial charge is 0.497 e. The molecule has 5 nitrogen and oxygen atoms in total. The number of rotatable bonds is 4. The van der Waals surface area contributed by atoms with E-state index in [4.69, 9.17) is 10.5 Å². The maximum Gasteiger partial charge on any atom is 0.340 e. The third-order valence-electron chi connectivity index (χ3n) is 2.84. The monoisotopic (exact) mass is 272 g/mol. The van der Waals surface area contributed by atoms with E-state index in [2.05, 4.69) is 10.1 Å². The Bertz CT molecular complexity index is 609. The van der Waals surface area contributed by atoms with Gasteiger partial charge in [0.15, 0.2) is 0 Å².